The van der Waals surface area contributed by atoms with Crippen molar-refractivity contribution < 1.29 is 0 Å². The fourth-order valence-corrected chi connectivity index (χ4v) is 2.37. The summed E-state index contributed by atoms with van der Waals surface area (Å²) in [5, 5.41) is 1.30. The van der Waals surface area contributed by atoms with Gasteiger partial charge in [-0.2, -0.15) is 0 Å². The summed E-state index contributed by atoms with van der Waals surface area (Å²) in [5.41, 5.74) is 0. The van der Waals surface area contributed by atoms with E-state index in [9.17, 15) is 0 Å². The molecule has 0 spiro atoms. The van der Waals surface area contributed by atoms with Crippen LogP contribution in [-0.4, -0.2) is 15.6 Å². The molecule has 0 nitrogen and oxygen atoms in total. The van der Waals surface area contributed by atoms with Gasteiger partial charge in [-0.15, -0.1) is 11.8 Å². The van der Waals surface area contributed by atoms with Crippen molar-refractivity contribution in [3.8, 4) is 0 Å². The van der Waals surface area contributed by atoms with E-state index in [0.29, 0.717) is 0 Å². The second-order valence-electron chi connectivity index (χ2n) is 1.75. The highest BCUT2D eigenvalue weighted by Gasteiger charge is 1.84. The molecule has 0 N–H and O–H groups in total. The van der Waals surface area contributed by atoms with E-state index in [-0.39, 0.29) is 0 Å². The quantitative estimate of drug-likeness (QED) is 0.454. The van der Waals surface area contributed by atoms with Gasteiger partial charge in [0.15, 0.2) is 0 Å². The van der Waals surface area contributed by atoms with Gasteiger partial charge < -0.3 is 0 Å². The zero-order valence-electron chi connectivity index (χ0n) is 5.50. The summed E-state index contributed by atoms with van der Waals surface area (Å²) < 4.78 is 0. The normalized spacial score (nSPS) is 9.78. The van der Waals surface area contributed by atoms with Gasteiger partial charge in [0, 0.05) is 15.1 Å². The standard InChI is InChI=1S/C7H10SSi/c9-6-8-7-4-2-1-3-5-7/h1-5H,6H2,9H3. The van der Waals surface area contributed by atoms with Crippen molar-refractivity contribution in [3.63, 3.8) is 0 Å². The molecule has 9 heavy (non-hydrogen) atoms. The molecule has 2 heteroatoms. The molecule has 0 heterocycles. The van der Waals surface area contributed by atoms with Crippen LogP contribution in [0.2, 0.25) is 0 Å². The lowest BCUT2D eigenvalue weighted by Gasteiger charge is -1.93. The van der Waals surface area contributed by atoms with Gasteiger partial charge in [0.1, 0.15) is 0 Å². The Morgan fingerprint density at radius 2 is 1.89 bits per heavy atom. The molecule has 48 valence electrons. The molecular formula is C7H10SSi. The average molecular weight is 154 g/mol. The summed E-state index contributed by atoms with van der Waals surface area (Å²) in [6.45, 7) is 0. The van der Waals surface area contributed by atoms with Gasteiger partial charge in [0.2, 0.25) is 0 Å². The third-order valence-electron chi connectivity index (χ3n) is 1.05. The molecule has 0 unspecified atom stereocenters. The van der Waals surface area contributed by atoms with Crippen molar-refractivity contribution in [1.29, 1.82) is 0 Å². The molecule has 1 rings (SSSR count). The van der Waals surface area contributed by atoms with E-state index in [1.807, 2.05) is 11.8 Å². The van der Waals surface area contributed by atoms with Crippen molar-refractivity contribution in [2.45, 2.75) is 4.90 Å². The molecule has 0 saturated carbocycles. The van der Waals surface area contributed by atoms with Gasteiger partial charge >= 0.3 is 0 Å². The molecule has 0 aliphatic carbocycles. The zero-order chi connectivity index (χ0) is 6.53. The first-order valence-corrected chi connectivity index (χ1v) is 5.51. The first kappa shape index (κ1) is 6.90. The Morgan fingerprint density at radius 1 is 1.22 bits per heavy atom. The third kappa shape index (κ3) is 2.24. The second kappa shape index (κ2) is 3.74. The third-order valence-corrected chi connectivity index (χ3v) is 2.81. The Labute approximate surface area is 63.1 Å². The molecule has 0 saturated heterocycles. The molecule has 0 bridgehead atoms. The molecular weight excluding hydrogens is 144 g/mol. The van der Waals surface area contributed by atoms with E-state index >= 15 is 0 Å². The van der Waals surface area contributed by atoms with Gasteiger partial charge in [-0.25, -0.2) is 0 Å². The molecule has 0 aliphatic rings. The summed E-state index contributed by atoms with van der Waals surface area (Å²) >= 11 is 1.94. The van der Waals surface area contributed by atoms with Crippen LogP contribution >= 0.6 is 11.8 Å². The summed E-state index contributed by atoms with van der Waals surface area (Å²) in [7, 11) is 1.29. The molecule has 0 fully saturated rings. The Hall–Kier alpha value is -0.213. The Bertz CT molecular complexity index is 162. The molecule has 1 aromatic carbocycles. The monoisotopic (exact) mass is 154 g/mol. The van der Waals surface area contributed by atoms with Crippen LogP contribution < -0.4 is 0 Å². The predicted octanol–water partition coefficient (Wildman–Crippen LogP) is 1.10. The fourth-order valence-electron chi connectivity index (χ4n) is 0.683. The maximum absolute atomic E-state index is 2.16. The minimum atomic E-state index is 1.29. The largest absolute Gasteiger partial charge is 0.130 e. The number of thioether (sulfide) groups is 1. The summed E-state index contributed by atoms with van der Waals surface area (Å²) in [6, 6.07) is 10.5. The highest BCUT2D eigenvalue weighted by Crippen LogP contribution is 2.14. The van der Waals surface area contributed by atoms with E-state index in [0.717, 1.165) is 0 Å². The maximum Gasteiger partial charge on any atom is 0.0158 e. The first-order chi connectivity index (χ1) is 4.43. The Kier molecular flexibility index (Phi) is 2.87. The molecule has 0 aliphatic heterocycles. The highest BCUT2D eigenvalue weighted by atomic mass is 32.2. The minimum absolute atomic E-state index is 1.29. The van der Waals surface area contributed by atoms with Crippen LogP contribution in [-0.2, 0) is 0 Å². The van der Waals surface area contributed by atoms with E-state index in [1.54, 1.807) is 0 Å². The van der Waals surface area contributed by atoms with Crippen molar-refractivity contribution in [3.05, 3.63) is 30.3 Å². The summed E-state index contributed by atoms with van der Waals surface area (Å²) in [4.78, 5) is 1.40. The van der Waals surface area contributed by atoms with Crippen LogP contribution in [0.1, 0.15) is 0 Å². The first-order valence-electron chi connectivity index (χ1n) is 3.11. The number of benzene rings is 1. The fraction of sp³-hybridized carbons (Fsp3) is 0.143. The van der Waals surface area contributed by atoms with Gasteiger partial charge in [-0.3, -0.25) is 0 Å². The van der Waals surface area contributed by atoms with Crippen LogP contribution in [0.15, 0.2) is 35.2 Å². The molecule has 0 atom stereocenters. The van der Waals surface area contributed by atoms with Crippen molar-refractivity contribution in [2.24, 2.45) is 0 Å². The van der Waals surface area contributed by atoms with Crippen molar-refractivity contribution >= 4 is 22.0 Å². The van der Waals surface area contributed by atoms with Crippen molar-refractivity contribution in [1.82, 2.24) is 0 Å². The van der Waals surface area contributed by atoms with E-state index in [2.05, 4.69) is 30.3 Å². The van der Waals surface area contributed by atoms with Gasteiger partial charge in [-0.1, -0.05) is 18.2 Å². The van der Waals surface area contributed by atoms with Gasteiger partial charge in [-0.05, 0) is 17.5 Å². The SMILES string of the molecule is [SiH3]CSc1ccccc1. The average Bonchev–Trinajstić information content (AvgIpc) is 1.91. The number of hydrogen-bond acceptors (Lipinski definition) is 1. The topological polar surface area (TPSA) is 0 Å². The number of rotatable bonds is 2. The smallest absolute Gasteiger partial charge is 0.0158 e. The molecule has 0 radical (unpaired) electrons. The molecule has 1 aromatic rings. The molecule has 0 aromatic heterocycles. The maximum atomic E-state index is 2.16. The van der Waals surface area contributed by atoms with Crippen LogP contribution in [0.25, 0.3) is 0 Å². The summed E-state index contributed by atoms with van der Waals surface area (Å²) in [5.74, 6) is 0. The van der Waals surface area contributed by atoms with E-state index in [1.165, 1.54) is 20.5 Å². The van der Waals surface area contributed by atoms with E-state index in [4.69, 9.17) is 0 Å². The van der Waals surface area contributed by atoms with Crippen LogP contribution in [0.4, 0.5) is 0 Å². The molecule has 0 amide bonds. The Balaban J connectivity index is 2.61. The lowest BCUT2D eigenvalue weighted by Crippen LogP contribution is -1.73. The van der Waals surface area contributed by atoms with Crippen molar-refractivity contribution in [2.75, 3.05) is 5.38 Å². The number of hydrogen-bond donors (Lipinski definition) is 0. The minimum Gasteiger partial charge on any atom is -0.130 e. The Morgan fingerprint density at radius 3 is 2.44 bits per heavy atom. The van der Waals surface area contributed by atoms with Crippen LogP contribution in [0.3, 0.4) is 0 Å². The van der Waals surface area contributed by atoms with Gasteiger partial charge in [0.05, 0.1) is 0 Å². The predicted molar refractivity (Wildman–Crippen MR) is 47.1 cm³/mol. The zero-order valence-corrected chi connectivity index (χ0v) is 8.32. The van der Waals surface area contributed by atoms with Crippen LogP contribution in [0.5, 0.6) is 0 Å². The lowest BCUT2D eigenvalue weighted by molar-refractivity contribution is 1.47. The van der Waals surface area contributed by atoms with Crippen LogP contribution in [0, 0.1) is 0 Å². The summed E-state index contributed by atoms with van der Waals surface area (Å²) in [6.07, 6.45) is 0. The highest BCUT2D eigenvalue weighted by molar-refractivity contribution is 8.00. The lowest BCUT2D eigenvalue weighted by atomic mass is 10.4. The van der Waals surface area contributed by atoms with E-state index < -0.39 is 0 Å². The van der Waals surface area contributed by atoms with Gasteiger partial charge in [0.25, 0.3) is 0 Å². The second-order valence-corrected chi connectivity index (χ2v) is 4.82.